The van der Waals surface area contributed by atoms with Gasteiger partial charge in [0.1, 0.15) is 5.75 Å². The Morgan fingerprint density at radius 2 is 1.91 bits per heavy atom. The molecule has 0 fully saturated rings. The molecule has 0 radical (unpaired) electrons. The van der Waals surface area contributed by atoms with Gasteiger partial charge in [0, 0.05) is 5.69 Å². The lowest BCUT2D eigenvalue weighted by Crippen LogP contribution is -2.45. The number of carbonyl (C=O) groups excluding carboxylic acids is 2. The summed E-state index contributed by atoms with van der Waals surface area (Å²) in [6, 6.07) is 6.99. The number of ether oxygens (including phenoxy) is 1. The lowest BCUT2D eigenvalue weighted by molar-refractivity contribution is -0.145. The van der Waals surface area contributed by atoms with Gasteiger partial charge in [-0.05, 0) is 45.4 Å². The van der Waals surface area contributed by atoms with E-state index >= 15 is 0 Å². The topological polar surface area (TPSA) is 89.5 Å². The first kappa shape index (κ1) is 18.2. The van der Waals surface area contributed by atoms with Crippen molar-refractivity contribution in [2.75, 3.05) is 17.7 Å². The van der Waals surface area contributed by atoms with Crippen LogP contribution in [-0.4, -0.2) is 37.4 Å². The molecule has 1 aromatic rings. The Kier molecular flexibility index (Phi) is 5.71. The van der Waals surface area contributed by atoms with E-state index in [1.165, 1.54) is 13.8 Å². The second kappa shape index (κ2) is 6.91. The van der Waals surface area contributed by atoms with Crippen LogP contribution >= 0.6 is 0 Å². The van der Waals surface area contributed by atoms with Gasteiger partial charge in [-0.2, -0.15) is 0 Å². The van der Waals surface area contributed by atoms with E-state index in [2.05, 4.69) is 5.32 Å². The number of anilines is 1. The van der Waals surface area contributed by atoms with E-state index in [1.807, 2.05) is 13.0 Å². The molecule has 22 heavy (non-hydrogen) atoms. The van der Waals surface area contributed by atoms with Crippen molar-refractivity contribution in [1.82, 2.24) is 0 Å². The number of hydrogen-bond donors (Lipinski definition) is 1. The summed E-state index contributed by atoms with van der Waals surface area (Å²) in [4.78, 5) is 23.7. The van der Waals surface area contributed by atoms with Crippen molar-refractivity contribution in [3.05, 3.63) is 29.8 Å². The summed E-state index contributed by atoms with van der Waals surface area (Å²) in [7, 11) is -4.00. The molecular weight excluding hydrogens is 306 g/mol. The van der Waals surface area contributed by atoms with Crippen LogP contribution in [0.3, 0.4) is 0 Å². The lowest BCUT2D eigenvalue weighted by Gasteiger charge is -2.22. The van der Waals surface area contributed by atoms with Crippen molar-refractivity contribution in [1.29, 1.82) is 0 Å². The molecule has 1 rings (SSSR count). The third kappa shape index (κ3) is 4.30. The maximum atomic E-state index is 12.3. The van der Waals surface area contributed by atoms with Crippen LogP contribution in [0.1, 0.15) is 26.3 Å². The van der Waals surface area contributed by atoms with Crippen molar-refractivity contribution >= 4 is 27.4 Å². The lowest BCUT2D eigenvalue weighted by atomic mass is 10.2. The van der Waals surface area contributed by atoms with E-state index in [0.717, 1.165) is 5.56 Å². The molecule has 0 unspecified atom stereocenters. The quantitative estimate of drug-likeness (QED) is 0.803. The highest BCUT2D eigenvalue weighted by molar-refractivity contribution is 7.94. The van der Waals surface area contributed by atoms with Gasteiger partial charge < -0.3 is 10.1 Å². The minimum Gasteiger partial charge on any atom is -0.465 e. The molecule has 1 amide bonds. The molecule has 0 aliphatic carbocycles. The van der Waals surface area contributed by atoms with E-state index in [-0.39, 0.29) is 6.61 Å². The van der Waals surface area contributed by atoms with Gasteiger partial charge in [0.25, 0.3) is 0 Å². The molecule has 6 nitrogen and oxygen atoms in total. The van der Waals surface area contributed by atoms with Crippen molar-refractivity contribution < 1.29 is 22.7 Å². The number of esters is 1. The third-order valence-corrected chi connectivity index (χ3v) is 5.53. The van der Waals surface area contributed by atoms with Gasteiger partial charge in [0.2, 0.25) is 5.91 Å². The van der Waals surface area contributed by atoms with Crippen molar-refractivity contribution in [3.63, 3.8) is 0 Å². The first-order valence-corrected chi connectivity index (χ1v) is 8.51. The Morgan fingerprint density at radius 3 is 2.45 bits per heavy atom. The van der Waals surface area contributed by atoms with E-state index in [9.17, 15) is 18.0 Å². The highest BCUT2D eigenvalue weighted by Crippen LogP contribution is 2.20. The number of carbonyl (C=O) groups is 2. The van der Waals surface area contributed by atoms with Crippen LogP contribution in [0.15, 0.2) is 24.3 Å². The van der Waals surface area contributed by atoms with Crippen molar-refractivity contribution in [2.45, 2.75) is 32.4 Å². The Balaban J connectivity index is 2.83. The fourth-order valence-corrected chi connectivity index (χ4v) is 2.80. The average molecular weight is 327 g/mol. The zero-order chi connectivity index (χ0) is 17.0. The number of hydrogen-bond acceptors (Lipinski definition) is 5. The molecule has 1 aromatic carbocycles. The van der Waals surface area contributed by atoms with Crippen molar-refractivity contribution in [3.8, 4) is 0 Å². The standard InChI is InChI=1S/C15H21NO5S/c1-5-21-14(18)15(3,4)22(19,20)10-13(17)16-12-8-6-7-11(2)9-12/h6-9H,5,10H2,1-4H3,(H,16,17). The number of amides is 1. The van der Waals surface area contributed by atoms with Crippen molar-refractivity contribution in [2.24, 2.45) is 0 Å². The Morgan fingerprint density at radius 1 is 1.27 bits per heavy atom. The Labute approximate surface area is 130 Å². The second-order valence-corrected chi connectivity index (χ2v) is 7.95. The molecular formula is C15H21NO5S. The van der Waals surface area contributed by atoms with Crippen LogP contribution in [0.4, 0.5) is 5.69 Å². The molecule has 0 bridgehead atoms. The van der Waals surface area contributed by atoms with Crippen LogP contribution in [0.2, 0.25) is 0 Å². The largest absolute Gasteiger partial charge is 0.465 e. The molecule has 0 saturated carbocycles. The number of nitrogens with one attached hydrogen (secondary N) is 1. The van der Waals surface area contributed by atoms with E-state index in [0.29, 0.717) is 5.69 Å². The first-order valence-electron chi connectivity index (χ1n) is 6.86. The van der Waals surface area contributed by atoms with Crippen LogP contribution in [0.25, 0.3) is 0 Å². The molecule has 0 saturated heterocycles. The Hall–Kier alpha value is -1.89. The zero-order valence-corrected chi connectivity index (χ0v) is 14.0. The van der Waals surface area contributed by atoms with Crippen LogP contribution in [0.5, 0.6) is 0 Å². The van der Waals surface area contributed by atoms with E-state index < -0.39 is 32.2 Å². The normalized spacial score (nSPS) is 11.8. The second-order valence-electron chi connectivity index (χ2n) is 5.41. The summed E-state index contributed by atoms with van der Waals surface area (Å²) in [6.07, 6.45) is 0. The zero-order valence-electron chi connectivity index (χ0n) is 13.2. The molecule has 0 spiro atoms. The fraction of sp³-hybridized carbons (Fsp3) is 0.467. The molecule has 0 aromatic heterocycles. The Bertz CT molecular complexity index is 664. The summed E-state index contributed by atoms with van der Waals surface area (Å²) in [6.45, 7) is 6.00. The molecule has 0 atom stereocenters. The van der Waals surface area contributed by atoms with Gasteiger partial charge in [0.05, 0.1) is 6.61 Å². The van der Waals surface area contributed by atoms with Crippen LogP contribution in [0, 0.1) is 6.92 Å². The number of benzene rings is 1. The maximum Gasteiger partial charge on any atom is 0.326 e. The first-order chi connectivity index (χ1) is 10.1. The summed E-state index contributed by atoms with van der Waals surface area (Å²) >= 11 is 0. The van der Waals surface area contributed by atoms with Crippen LogP contribution in [-0.2, 0) is 24.2 Å². The number of aryl methyl sites for hydroxylation is 1. The highest BCUT2D eigenvalue weighted by Gasteiger charge is 2.44. The van der Waals surface area contributed by atoms with Gasteiger partial charge in [-0.3, -0.25) is 9.59 Å². The van der Waals surface area contributed by atoms with E-state index in [4.69, 9.17) is 4.74 Å². The molecule has 0 aliphatic rings. The predicted octanol–water partition coefficient (Wildman–Crippen LogP) is 1.69. The summed E-state index contributed by atoms with van der Waals surface area (Å²) < 4.78 is 27.5. The van der Waals surface area contributed by atoms with Crippen LogP contribution < -0.4 is 5.32 Å². The summed E-state index contributed by atoms with van der Waals surface area (Å²) in [5.41, 5.74) is 1.45. The van der Waals surface area contributed by atoms with Gasteiger partial charge in [0.15, 0.2) is 14.6 Å². The van der Waals surface area contributed by atoms with E-state index in [1.54, 1.807) is 25.1 Å². The third-order valence-electron chi connectivity index (χ3n) is 3.17. The molecule has 0 aliphatic heterocycles. The van der Waals surface area contributed by atoms with Gasteiger partial charge >= 0.3 is 5.97 Å². The highest BCUT2D eigenvalue weighted by atomic mass is 32.2. The molecule has 1 N–H and O–H groups in total. The predicted molar refractivity (Wildman–Crippen MR) is 84.3 cm³/mol. The smallest absolute Gasteiger partial charge is 0.326 e. The maximum absolute atomic E-state index is 12.3. The van der Waals surface area contributed by atoms with Gasteiger partial charge in [-0.15, -0.1) is 0 Å². The summed E-state index contributed by atoms with van der Waals surface area (Å²) in [5.74, 6) is -2.34. The minimum absolute atomic E-state index is 0.0767. The number of sulfone groups is 1. The average Bonchev–Trinajstić information content (AvgIpc) is 2.37. The fourth-order valence-electron chi connectivity index (χ4n) is 1.70. The number of rotatable bonds is 6. The summed E-state index contributed by atoms with van der Waals surface area (Å²) in [5, 5.41) is 2.51. The SMILES string of the molecule is CCOC(=O)C(C)(C)S(=O)(=O)CC(=O)Nc1cccc(C)c1. The molecule has 122 valence electrons. The monoisotopic (exact) mass is 327 g/mol. The van der Waals surface area contributed by atoms with Gasteiger partial charge in [-0.1, -0.05) is 12.1 Å². The molecule has 0 heterocycles. The minimum atomic E-state index is -4.00. The van der Waals surface area contributed by atoms with Gasteiger partial charge in [-0.25, -0.2) is 8.42 Å². The molecule has 7 heteroatoms.